The van der Waals surface area contributed by atoms with E-state index >= 15 is 0 Å². The van der Waals surface area contributed by atoms with Crippen LogP contribution in [0, 0.1) is 11.7 Å². The maximum absolute atomic E-state index is 12.5. The number of carbonyl (C=O) groups is 2. The van der Waals surface area contributed by atoms with E-state index in [4.69, 9.17) is 4.74 Å². The van der Waals surface area contributed by atoms with Gasteiger partial charge in [0.2, 0.25) is 5.91 Å². The minimum atomic E-state index is -0.205. The minimum absolute atomic E-state index is 0.0163. The molecule has 2 unspecified atom stereocenters. The van der Waals surface area contributed by atoms with Gasteiger partial charge in [0.1, 0.15) is 5.82 Å². The maximum Gasteiger partial charge on any atom is 0.251 e. The lowest BCUT2D eigenvalue weighted by atomic mass is 10.1. The summed E-state index contributed by atoms with van der Waals surface area (Å²) in [4.78, 5) is 27.7. The SMILES string of the molecule is CC1CC1c1ccc(F)cc1.CN1CCN(C(=O)CNC(=O)c2ccccc2)CC1.CNCCOC. The Bertz CT molecular complexity index is 899. The van der Waals surface area contributed by atoms with E-state index < -0.39 is 0 Å². The Balaban J connectivity index is 0.000000225. The second-order valence-electron chi connectivity index (χ2n) is 9.20. The molecule has 1 saturated carbocycles. The highest BCUT2D eigenvalue weighted by atomic mass is 19.1. The molecule has 1 saturated heterocycles. The zero-order chi connectivity index (χ0) is 26.3. The fourth-order valence-corrected chi connectivity index (χ4v) is 3.72. The average molecular weight is 501 g/mol. The van der Waals surface area contributed by atoms with Crippen molar-refractivity contribution in [2.24, 2.45) is 5.92 Å². The highest BCUT2D eigenvalue weighted by Gasteiger charge is 2.33. The van der Waals surface area contributed by atoms with E-state index in [9.17, 15) is 14.0 Å². The topological polar surface area (TPSA) is 73.9 Å². The first-order chi connectivity index (χ1) is 17.3. The minimum Gasteiger partial charge on any atom is -0.383 e. The number of nitrogens with one attached hydrogen (secondary N) is 2. The lowest BCUT2D eigenvalue weighted by Crippen LogP contribution is -2.50. The van der Waals surface area contributed by atoms with Crippen LogP contribution in [0.25, 0.3) is 0 Å². The van der Waals surface area contributed by atoms with Crippen LogP contribution >= 0.6 is 0 Å². The van der Waals surface area contributed by atoms with Crippen molar-refractivity contribution in [2.75, 3.05) is 67.1 Å². The number of likely N-dealkylation sites (N-methyl/N-ethyl adjacent to an activating group) is 2. The van der Waals surface area contributed by atoms with Crippen LogP contribution in [0.4, 0.5) is 4.39 Å². The van der Waals surface area contributed by atoms with E-state index in [1.54, 1.807) is 48.4 Å². The van der Waals surface area contributed by atoms with Gasteiger partial charge in [-0.3, -0.25) is 9.59 Å². The molecule has 1 aliphatic heterocycles. The molecule has 7 nitrogen and oxygen atoms in total. The van der Waals surface area contributed by atoms with Gasteiger partial charge in [0.25, 0.3) is 5.91 Å². The molecule has 2 N–H and O–H groups in total. The molecule has 0 radical (unpaired) electrons. The summed E-state index contributed by atoms with van der Waals surface area (Å²) < 4.78 is 17.2. The fourth-order valence-electron chi connectivity index (χ4n) is 3.72. The number of ether oxygens (including phenoxy) is 1. The molecule has 2 aromatic carbocycles. The van der Waals surface area contributed by atoms with E-state index in [2.05, 4.69) is 22.5 Å². The first-order valence-electron chi connectivity index (χ1n) is 12.5. The molecule has 0 spiro atoms. The number of amides is 2. The van der Waals surface area contributed by atoms with Gasteiger partial charge in [-0.15, -0.1) is 0 Å². The Hall–Kier alpha value is -2.81. The van der Waals surface area contributed by atoms with E-state index in [1.165, 1.54) is 12.0 Å². The van der Waals surface area contributed by atoms with E-state index in [-0.39, 0.29) is 24.2 Å². The van der Waals surface area contributed by atoms with Crippen LogP contribution in [0.3, 0.4) is 0 Å². The molecular weight excluding hydrogens is 459 g/mol. The lowest BCUT2D eigenvalue weighted by molar-refractivity contribution is -0.131. The molecule has 0 aromatic heterocycles. The van der Waals surface area contributed by atoms with Crippen molar-refractivity contribution in [1.29, 1.82) is 0 Å². The van der Waals surface area contributed by atoms with E-state index in [0.717, 1.165) is 45.2 Å². The Morgan fingerprint density at radius 1 is 1.03 bits per heavy atom. The predicted octanol–water partition coefficient (Wildman–Crippen LogP) is 2.99. The van der Waals surface area contributed by atoms with Crippen molar-refractivity contribution < 1.29 is 18.7 Å². The third kappa shape index (κ3) is 10.8. The van der Waals surface area contributed by atoms with Crippen LogP contribution in [0.5, 0.6) is 0 Å². The molecule has 198 valence electrons. The predicted molar refractivity (Wildman–Crippen MR) is 142 cm³/mol. The number of carbonyl (C=O) groups excluding carboxylic acids is 2. The number of rotatable bonds is 7. The quantitative estimate of drug-likeness (QED) is 0.572. The smallest absolute Gasteiger partial charge is 0.251 e. The van der Waals surface area contributed by atoms with Crippen molar-refractivity contribution in [3.05, 3.63) is 71.5 Å². The van der Waals surface area contributed by atoms with Gasteiger partial charge in [-0.05, 0) is 62.2 Å². The molecule has 1 aliphatic carbocycles. The molecule has 36 heavy (non-hydrogen) atoms. The summed E-state index contributed by atoms with van der Waals surface area (Å²) in [5, 5.41) is 5.61. The highest BCUT2D eigenvalue weighted by Crippen LogP contribution is 2.46. The maximum atomic E-state index is 12.5. The van der Waals surface area contributed by atoms with Gasteiger partial charge >= 0.3 is 0 Å². The molecule has 1 heterocycles. The van der Waals surface area contributed by atoms with Crippen LogP contribution in [-0.2, 0) is 9.53 Å². The first kappa shape index (κ1) is 29.4. The summed E-state index contributed by atoms with van der Waals surface area (Å²) in [5.74, 6) is 1.15. The second-order valence-corrected chi connectivity index (χ2v) is 9.20. The normalized spacial score (nSPS) is 18.8. The monoisotopic (exact) mass is 500 g/mol. The van der Waals surface area contributed by atoms with Crippen LogP contribution in [0.1, 0.15) is 35.2 Å². The van der Waals surface area contributed by atoms with Crippen LogP contribution in [0.15, 0.2) is 54.6 Å². The molecule has 2 atom stereocenters. The van der Waals surface area contributed by atoms with E-state index in [0.29, 0.717) is 11.5 Å². The van der Waals surface area contributed by atoms with Gasteiger partial charge in [0, 0.05) is 45.4 Å². The van der Waals surface area contributed by atoms with Crippen LogP contribution in [0.2, 0.25) is 0 Å². The van der Waals surface area contributed by atoms with Crippen LogP contribution in [-0.4, -0.2) is 88.7 Å². The third-order valence-electron chi connectivity index (χ3n) is 6.26. The van der Waals surface area contributed by atoms with E-state index in [1.807, 2.05) is 32.3 Å². The van der Waals surface area contributed by atoms with Gasteiger partial charge in [0.05, 0.1) is 13.2 Å². The third-order valence-corrected chi connectivity index (χ3v) is 6.26. The number of hydrogen-bond donors (Lipinski definition) is 2. The number of methoxy groups -OCH3 is 1. The number of benzene rings is 2. The van der Waals surface area contributed by atoms with Gasteiger partial charge in [-0.1, -0.05) is 37.3 Å². The van der Waals surface area contributed by atoms with Crippen molar-refractivity contribution in [1.82, 2.24) is 20.4 Å². The van der Waals surface area contributed by atoms with Gasteiger partial charge in [-0.2, -0.15) is 0 Å². The van der Waals surface area contributed by atoms with Gasteiger partial charge < -0.3 is 25.2 Å². The Labute approximate surface area is 215 Å². The fraction of sp³-hybridized carbons (Fsp3) is 0.500. The molecule has 2 fully saturated rings. The first-order valence-corrected chi connectivity index (χ1v) is 12.5. The summed E-state index contributed by atoms with van der Waals surface area (Å²) in [7, 11) is 5.63. The molecule has 0 bridgehead atoms. The second kappa shape index (κ2) is 16.0. The summed E-state index contributed by atoms with van der Waals surface area (Å²) in [6.07, 6.45) is 1.27. The summed E-state index contributed by atoms with van der Waals surface area (Å²) >= 11 is 0. The Morgan fingerprint density at radius 2 is 1.64 bits per heavy atom. The molecule has 4 rings (SSSR count). The number of halogens is 1. The number of nitrogens with zero attached hydrogens (tertiary/aromatic N) is 2. The summed E-state index contributed by atoms with van der Waals surface area (Å²) in [6.45, 7) is 7.28. The van der Waals surface area contributed by atoms with Crippen molar-refractivity contribution in [3.63, 3.8) is 0 Å². The van der Waals surface area contributed by atoms with Crippen molar-refractivity contribution >= 4 is 11.8 Å². The Kier molecular flexibility index (Phi) is 13.1. The standard InChI is InChI=1S/C14H19N3O2.C10H11F.C4H11NO/c1-16-7-9-17(10-8-16)13(18)11-15-14(19)12-5-3-2-4-6-12;1-7-6-10(7)8-2-4-9(11)5-3-8;1-5-3-4-6-2/h2-6H,7-11H2,1H3,(H,15,19);2-5,7,10H,6H2,1H3;5H,3-4H2,1-2H3. The van der Waals surface area contributed by atoms with Crippen LogP contribution < -0.4 is 10.6 Å². The largest absolute Gasteiger partial charge is 0.383 e. The number of hydrogen-bond acceptors (Lipinski definition) is 5. The molecule has 2 aromatic rings. The lowest BCUT2D eigenvalue weighted by Gasteiger charge is -2.32. The Morgan fingerprint density at radius 3 is 2.14 bits per heavy atom. The van der Waals surface area contributed by atoms with Crippen molar-refractivity contribution in [2.45, 2.75) is 19.3 Å². The van der Waals surface area contributed by atoms with Gasteiger partial charge in [0.15, 0.2) is 0 Å². The molecular formula is C28H41FN4O3. The molecule has 2 aliphatic rings. The van der Waals surface area contributed by atoms with Gasteiger partial charge in [-0.25, -0.2) is 4.39 Å². The zero-order valence-corrected chi connectivity index (χ0v) is 22.0. The summed E-state index contributed by atoms with van der Waals surface area (Å²) in [6, 6.07) is 15.8. The summed E-state index contributed by atoms with van der Waals surface area (Å²) in [5.41, 5.74) is 1.87. The zero-order valence-electron chi connectivity index (χ0n) is 22.0. The highest BCUT2D eigenvalue weighted by molar-refractivity contribution is 5.96. The average Bonchev–Trinajstić information content (AvgIpc) is 3.64. The molecule has 2 amide bonds. The number of piperazine rings is 1. The van der Waals surface area contributed by atoms with Crippen molar-refractivity contribution in [3.8, 4) is 0 Å². The molecule has 8 heteroatoms.